The molecule has 0 atom stereocenters. The first-order chi connectivity index (χ1) is 14.0. The number of piperazine rings is 1. The van der Waals surface area contributed by atoms with Gasteiger partial charge in [-0.2, -0.15) is 0 Å². The van der Waals surface area contributed by atoms with Gasteiger partial charge in [0.2, 0.25) is 5.91 Å². The number of rotatable bonds is 6. The molecule has 0 saturated carbocycles. The van der Waals surface area contributed by atoms with E-state index >= 15 is 0 Å². The Hall–Kier alpha value is -3.15. The van der Waals surface area contributed by atoms with E-state index in [2.05, 4.69) is 0 Å². The molecule has 0 aliphatic carbocycles. The summed E-state index contributed by atoms with van der Waals surface area (Å²) in [6.45, 7) is 5.84. The highest BCUT2D eigenvalue weighted by Gasteiger charge is 2.25. The summed E-state index contributed by atoms with van der Waals surface area (Å²) in [6, 6.07) is 15.9. The molecule has 2 aromatic carbocycles. The van der Waals surface area contributed by atoms with Crippen molar-refractivity contribution in [3.05, 3.63) is 65.7 Å². The number of ether oxygens (including phenoxy) is 1. The van der Waals surface area contributed by atoms with Crippen LogP contribution in [0.1, 0.15) is 29.8 Å². The molecule has 0 radical (unpaired) electrons. The first-order valence-corrected chi connectivity index (χ1v) is 9.85. The summed E-state index contributed by atoms with van der Waals surface area (Å²) < 4.78 is 5.59. The average Bonchev–Trinajstić information content (AvgIpc) is 2.77. The standard InChI is InChI=1S/C23H26N2O4/c1-17(2)23(28)25-14-12-24(13-15-25)21(26)16-29-20-10-8-19(9-11-20)22(27)18-6-4-3-5-7-18/h3-11,17H,12-16H2,1-2H3. The molecule has 1 saturated heterocycles. The number of hydrogen-bond acceptors (Lipinski definition) is 4. The lowest BCUT2D eigenvalue weighted by Gasteiger charge is -2.35. The highest BCUT2D eigenvalue weighted by atomic mass is 16.5. The summed E-state index contributed by atoms with van der Waals surface area (Å²) in [5.41, 5.74) is 1.20. The Morgan fingerprint density at radius 3 is 1.97 bits per heavy atom. The van der Waals surface area contributed by atoms with E-state index in [1.807, 2.05) is 32.0 Å². The maximum absolute atomic E-state index is 12.4. The molecule has 0 aromatic heterocycles. The highest BCUT2D eigenvalue weighted by Crippen LogP contribution is 2.16. The fraction of sp³-hybridized carbons (Fsp3) is 0.348. The van der Waals surface area contributed by atoms with Crippen molar-refractivity contribution in [2.45, 2.75) is 13.8 Å². The van der Waals surface area contributed by atoms with E-state index in [-0.39, 0.29) is 30.1 Å². The molecule has 2 amide bonds. The lowest BCUT2D eigenvalue weighted by molar-refractivity contribution is -0.142. The predicted molar refractivity (Wildman–Crippen MR) is 110 cm³/mol. The summed E-state index contributed by atoms with van der Waals surface area (Å²) in [5, 5.41) is 0. The number of ketones is 1. The molecule has 1 fully saturated rings. The lowest BCUT2D eigenvalue weighted by atomic mass is 10.0. The van der Waals surface area contributed by atoms with Crippen LogP contribution in [0.4, 0.5) is 0 Å². The van der Waals surface area contributed by atoms with Crippen LogP contribution in [0.2, 0.25) is 0 Å². The molecule has 3 rings (SSSR count). The van der Waals surface area contributed by atoms with E-state index < -0.39 is 0 Å². The molecule has 0 unspecified atom stereocenters. The second kappa shape index (κ2) is 9.37. The molecule has 0 bridgehead atoms. The summed E-state index contributed by atoms with van der Waals surface area (Å²) in [6.07, 6.45) is 0. The van der Waals surface area contributed by atoms with Crippen molar-refractivity contribution in [2.24, 2.45) is 5.92 Å². The SMILES string of the molecule is CC(C)C(=O)N1CCN(C(=O)COc2ccc(C(=O)c3ccccc3)cc2)CC1. The number of hydrogen-bond donors (Lipinski definition) is 0. The lowest BCUT2D eigenvalue weighted by Crippen LogP contribution is -2.52. The van der Waals surface area contributed by atoms with Crippen molar-refractivity contribution in [1.82, 2.24) is 9.80 Å². The van der Waals surface area contributed by atoms with E-state index in [0.29, 0.717) is 43.1 Å². The molecule has 2 aromatic rings. The third-order valence-electron chi connectivity index (χ3n) is 4.95. The van der Waals surface area contributed by atoms with Crippen LogP contribution in [0.25, 0.3) is 0 Å². The predicted octanol–water partition coefficient (Wildman–Crippen LogP) is 2.62. The number of carbonyl (C=O) groups excluding carboxylic acids is 3. The van der Waals surface area contributed by atoms with Gasteiger partial charge in [-0.05, 0) is 24.3 Å². The van der Waals surface area contributed by atoms with Crippen LogP contribution in [-0.2, 0) is 9.59 Å². The number of amides is 2. The molecule has 0 N–H and O–H groups in total. The molecule has 0 spiro atoms. The maximum Gasteiger partial charge on any atom is 0.260 e. The van der Waals surface area contributed by atoms with Gasteiger partial charge < -0.3 is 14.5 Å². The largest absolute Gasteiger partial charge is 0.484 e. The summed E-state index contributed by atoms with van der Waals surface area (Å²) in [4.78, 5) is 40.4. The third-order valence-corrected chi connectivity index (χ3v) is 4.95. The molecule has 29 heavy (non-hydrogen) atoms. The van der Waals surface area contributed by atoms with Crippen LogP contribution in [0.3, 0.4) is 0 Å². The van der Waals surface area contributed by atoms with Gasteiger partial charge in [-0.3, -0.25) is 14.4 Å². The van der Waals surface area contributed by atoms with Crippen molar-refractivity contribution < 1.29 is 19.1 Å². The summed E-state index contributed by atoms with van der Waals surface area (Å²) >= 11 is 0. The van der Waals surface area contributed by atoms with Gasteiger partial charge >= 0.3 is 0 Å². The van der Waals surface area contributed by atoms with Crippen LogP contribution < -0.4 is 4.74 Å². The van der Waals surface area contributed by atoms with Gasteiger partial charge in [0.25, 0.3) is 5.91 Å². The quantitative estimate of drug-likeness (QED) is 0.707. The van der Waals surface area contributed by atoms with Crippen molar-refractivity contribution in [3.8, 4) is 5.75 Å². The van der Waals surface area contributed by atoms with Gasteiger partial charge in [-0.15, -0.1) is 0 Å². The Balaban J connectivity index is 1.48. The minimum Gasteiger partial charge on any atom is -0.484 e. The number of carbonyl (C=O) groups is 3. The Labute approximate surface area is 171 Å². The molecule has 6 nitrogen and oxygen atoms in total. The number of benzene rings is 2. The third kappa shape index (κ3) is 5.22. The van der Waals surface area contributed by atoms with Crippen molar-refractivity contribution in [3.63, 3.8) is 0 Å². The van der Waals surface area contributed by atoms with E-state index in [1.165, 1.54) is 0 Å². The van der Waals surface area contributed by atoms with Gasteiger partial charge in [-0.1, -0.05) is 44.2 Å². The molecule has 1 aliphatic rings. The zero-order valence-corrected chi connectivity index (χ0v) is 16.8. The summed E-state index contributed by atoms with van der Waals surface area (Å²) in [7, 11) is 0. The maximum atomic E-state index is 12.4. The zero-order chi connectivity index (χ0) is 20.8. The highest BCUT2D eigenvalue weighted by molar-refractivity contribution is 6.08. The minimum absolute atomic E-state index is 0.0303. The topological polar surface area (TPSA) is 66.9 Å². The Kier molecular flexibility index (Phi) is 6.65. The second-order valence-electron chi connectivity index (χ2n) is 7.37. The molecule has 1 aliphatic heterocycles. The first-order valence-electron chi connectivity index (χ1n) is 9.85. The monoisotopic (exact) mass is 394 g/mol. The number of nitrogens with zero attached hydrogens (tertiary/aromatic N) is 2. The fourth-order valence-corrected chi connectivity index (χ4v) is 3.24. The van der Waals surface area contributed by atoms with Gasteiger partial charge in [-0.25, -0.2) is 0 Å². The Bertz CT molecular complexity index is 854. The van der Waals surface area contributed by atoms with Crippen LogP contribution in [-0.4, -0.2) is 60.2 Å². The van der Waals surface area contributed by atoms with E-state index in [1.54, 1.807) is 46.2 Å². The summed E-state index contributed by atoms with van der Waals surface area (Å²) in [5.74, 6) is 0.473. The molecular formula is C23H26N2O4. The van der Waals surface area contributed by atoms with Gasteiger partial charge in [0, 0.05) is 43.2 Å². The van der Waals surface area contributed by atoms with Crippen molar-refractivity contribution >= 4 is 17.6 Å². The van der Waals surface area contributed by atoms with Crippen molar-refractivity contribution in [1.29, 1.82) is 0 Å². The van der Waals surface area contributed by atoms with Gasteiger partial charge in [0.05, 0.1) is 0 Å². The van der Waals surface area contributed by atoms with Gasteiger partial charge in [0.15, 0.2) is 12.4 Å². The van der Waals surface area contributed by atoms with Crippen LogP contribution in [0.15, 0.2) is 54.6 Å². The second-order valence-corrected chi connectivity index (χ2v) is 7.37. The molecular weight excluding hydrogens is 368 g/mol. The molecule has 6 heteroatoms. The smallest absolute Gasteiger partial charge is 0.260 e. The minimum atomic E-state index is -0.105. The Morgan fingerprint density at radius 1 is 0.828 bits per heavy atom. The van der Waals surface area contributed by atoms with Crippen LogP contribution >= 0.6 is 0 Å². The zero-order valence-electron chi connectivity index (χ0n) is 16.8. The van der Waals surface area contributed by atoms with Gasteiger partial charge in [0.1, 0.15) is 5.75 Å². The van der Waals surface area contributed by atoms with E-state index in [0.717, 1.165) is 0 Å². The van der Waals surface area contributed by atoms with Crippen molar-refractivity contribution in [2.75, 3.05) is 32.8 Å². The van der Waals surface area contributed by atoms with E-state index in [9.17, 15) is 14.4 Å². The first kappa shape index (κ1) is 20.6. The Morgan fingerprint density at radius 2 is 1.38 bits per heavy atom. The average molecular weight is 394 g/mol. The molecule has 152 valence electrons. The normalized spacial score (nSPS) is 14.0. The molecule has 1 heterocycles. The van der Waals surface area contributed by atoms with Crippen LogP contribution in [0, 0.1) is 5.92 Å². The van der Waals surface area contributed by atoms with Crippen LogP contribution in [0.5, 0.6) is 5.75 Å². The van der Waals surface area contributed by atoms with E-state index in [4.69, 9.17) is 4.74 Å². The fourth-order valence-electron chi connectivity index (χ4n) is 3.24.